The summed E-state index contributed by atoms with van der Waals surface area (Å²) < 4.78 is 5.90. The van der Waals surface area contributed by atoms with Crippen molar-refractivity contribution in [3.63, 3.8) is 0 Å². The van der Waals surface area contributed by atoms with E-state index in [0.717, 1.165) is 12.3 Å². The summed E-state index contributed by atoms with van der Waals surface area (Å²) in [7, 11) is 0. The summed E-state index contributed by atoms with van der Waals surface area (Å²) in [5.41, 5.74) is 1.19. The Kier molecular flexibility index (Phi) is 4.63. The first-order valence-corrected chi connectivity index (χ1v) is 5.60. The van der Waals surface area contributed by atoms with Gasteiger partial charge in [0.05, 0.1) is 0 Å². The van der Waals surface area contributed by atoms with Gasteiger partial charge in [0.2, 0.25) is 0 Å². The summed E-state index contributed by atoms with van der Waals surface area (Å²) in [6, 6.07) is 8.49. The normalized spacial score (nSPS) is 14.7. The number of ether oxygens (including phenoxy) is 1. The van der Waals surface area contributed by atoms with Gasteiger partial charge in [0.25, 0.3) is 0 Å². The van der Waals surface area contributed by atoms with Crippen LogP contribution < -0.4 is 10.1 Å². The van der Waals surface area contributed by atoms with Crippen LogP contribution in [0.25, 0.3) is 0 Å². The molecule has 1 N–H and O–H groups in total. The van der Waals surface area contributed by atoms with Gasteiger partial charge in [-0.25, -0.2) is 0 Å². The third-order valence-corrected chi connectivity index (χ3v) is 2.64. The zero-order valence-corrected chi connectivity index (χ0v) is 10.1. The van der Waals surface area contributed by atoms with Crippen LogP contribution in [0.2, 0.25) is 0 Å². The third-order valence-electron chi connectivity index (χ3n) is 2.64. The van der Waals surface area contributed by atoms with E-state index in [4.69, 9.17) is 4.74 Å². The Morgan fingerprint density at radius 3 is 2.53 bits per heavy atom. The summed E-state index contributed by atoms with van der Waals surface area (Å²) in [6.07, 6.45) is 0.186. The van der Waals surface area contributed by atoms with Crippen molar-refractivity contribution in [3.8, 4) is 5.75 Å². The Hall–Kier alpha value is -1.02. The second-order valence-corrected chi connectivity index (χ2v) is 3.93. The van der Waals surface area contributed by atoms with Crippen molar-refractivity contribution in [3.05, 3.63) is 29.8 Å². The highest BCUT2D eigenvalue weighted by Crippen LogP contribution is 2.18. The van der Waals surface area contributed by atoms with Crippen LogP contribution in [0.5, 0.6) is 5.75 Å². The van der Waals surface area contributed by atoms with Crippen molar-refractivity contribution in [2.24, 2.45) is 0 Å². The molecule has 2 unspecified atom stereocenters. The number of rotatable bonds is 5. The molecule has 0 radical (unpaired) electrons. The lowest BCUT2D eigenvalue weighted by Gasteiger charge is -2.23. The van der Waals surface area contributed by atoms with Crippen molar-refractivity contribution >= 4 is 0 Å². The zero-order chi connectivity index (χ0) is 11.3. The van der Waals surface area contributed by atoms with E-state index in [9.17, 15) is 0 Å². The molecule has 0 saturated carbocycles. The van der Waals surface area contributed by atoms with Crippen LogP contribution in [0.4, 0.5) is 0 Å². The van der Waals surface area contributed by atoms with Gasteiger partial charge in [-0.15, -0.1) is 0 Å². The van der Waals surface area contributed by atoms with Gasteiger partial charge in [0.1, 0.15) is 11.9 Å². The van der Waals surface area contributed by atoms with Gasteiger partial charge < -0.3 is 10.1 Å². The molecule has 15 heavy (non-hydrogen) atoms. The Morgan fingerprint density at radius 2 is 1.93 bits per heavy atom. The summed E-state index contributed by atoms with van der Waals surface area (Å²) in [6.45, 7) is 9.39. The lowest BCUT2D eigenvalue weighted by Crippen LogP contribution is -2.38. The molecule has 0 bridgehead atoms. The Morgan fingerprint density at radius 1 is 1.27 bits per heavy atom. The summed E-state index contributed by atoms with van der Waals surface area (Å²) in [5, 5.41) is 3.36. The molecule has 2 heteroatoms. The van der Waals surface area contributed by atoms with E-state index < -0.39 is 0 Å². The number of likely N-dealkylation sites (N-methyl/N-ethyl adjacent to an activating group) is 1. The predicted molar refractivity (Wildman–Crippen MR) is 64.4 cm³/mol. The fourth-order valence-electron chi connectivity index (χ4n) is 1.48. The SMILES string of the molecule is CCNC(C)C(C)Oc1ccccc1C. The highest BCUT2D eigenvalue weighted by molar-refractivity contribution is 5.31. The lowest BCUT2D eigenvalue weighted by atomic mass is 10.2. The average molecular weight is 207 g/mol. The van der Waals surface area contributed by atoms with Gasteiger partial charge >= 0.3 is 0 Å². The van der Waals surface area contributed by atoms with Gasteiger partial charge in [-0.05, 0) is 38.9 Å². The van der Waals surface area contributed by atoms with Crippen molar-refractivity contribution < 1.29 is 4.74 Å². The van der Waals surface area contributed by atoms with Gasteiger partial charge in [-0.3, -0.25) is 0 Å². The quantitative estimate of drug-likeness (QED) is 0.801. The smallest absolute Gasteiger partial charge is 0.122 e. The maximum Gasteiger partial charge on any atom is 0.122 e. The summed E-state index contributed by atoms with van der Waals surface area (Å²) >= 11 is 0. The highest BCUT2D eigenvalue weighted by atomic mass is 16.5. The largest absolute Gasteiger partial charge is 0.489 e. The van der Waals surface area contributed by atoms with Crippen molar-refractivity contribution in [1.29, 1.82) is 0 Å². The first-order valence-electron chi connectivity index (χ1n) is 5.60. The first kappa shape index (κ1) is 12.1. The average Bonchev–Trinajstić information content (AvgIpc) is 2.21. The maximum atomic E-state index is 5.90. The molecular weight excluding hydrogens is 186 g/mol. The molecule has 0 fully saturated rings. The number of benzene rings is 1. The van der Waals surface area contributed by atoms with E-state index in [1.807, 2.05) is 18.2 Å². The van der Waals surface area contributed by atoms with E-state index in [1.165, 1.54) is 5.56 Å². The van der Waals surface area contributed by atoms with Crippen LogP contribution in [0, 0.1) is 6.92 Å². The minimum absolute atomic E-state index is 0.186. The number of aryl methyl sites for hydroxylation is 1. The van der Waals surface area contributed by atoms with Crippen LogP contribution in [0.1, 0.15) is 26.3 Å². The molecule has 2 atom stereocenters. The summed E-state index contributed by atoms with van der Waals surface area (Å²) in [5.74, 6) is 0.981. The maximum absolute atomic E-state index is 5.90. The Labute approximate surface area is 92.6 Å². The number of nitrogens with one attached hydrogen (secondary N) is 1. The van der Waals surface area contributed by atoms with Crippen LogP contribution in [-0.4, -0.2) is 18.7 Å². The van der Waals surface area contributed by atoms with Crippen LogP contribution in [0.15, 0.2) is 24.3 Å². The lowest BCUT2D eigenvalue weighted by molar-refractivity contribution is 0.178. The molecular formula is C13H21NO. The molecule has 0 saturated heterocycles. The molecule has 1 aromatic rings. The highest BCUT2D eigenvalue weighted by Gasteiger charge is 2.12. The van der Waals surface area contributed by atoms with Crippen LogP contribution in [0.3, 0.4) is 0 Å². The predicted octanol–water partition coefficient (Wildman–Crippen LogP) is 2.76. The van der Waals surface area contributed by atoms with Crippen LogP contribution in [-0.2, 0) is 0 Å². The Bertz CT molecular complexity index is 298. The van der Waals surface area contributed by atoms with Crippen LogP contribution >= 0.6 is 0 Å². The van der Waals surface area contributed by atoms with Gasteiger partial charge in [-0.2, -0.15) is 0 Å². The number of hydrogen-bond donors (Lipinski definition) is 1. The topological polar surface area (TPSA) is 21.3 Å². The Balaban J connectivity index is 2.58. The van der Waals surface area contributed by atoms with Crippen molar-refractivity contribution in [2.75, 3.05) is 6.54 Å². The van der Waals surface area contributed by atoms with Gasteiger partial charge in [-0.1, -0.05) is 25.1 Å². The molecule has 2 nitrogen and oxygen atoms in total. The molecule has 1 aromatic carbocycles. The minimum atomic E-state index is 0.186. The van der Waals surface area contributed by atoms with E-state index in [2.05, 4.69) is 39.1 Å². The fourth-order valence-corrected chi connectivity index (χ4v) is 1.48. The van der Waals surface area contributed by atoms with E-state index >= 15 is 0 Å². The fraction of sp³-hybridized carbons (Fsp3) is 0.538. The van der Waals surface area contributed by atoms with E-state index in [0.29, 0.717) is 6.04 Å². The van der Waals surface area contributed by atoms with Gasteiger partial charge in [0.15, 0.2) is 0 Å². The van der Waals surface area contributed by atoms with E-state index in [1.54, 1.807) is 0 Å². The number of hydrogen-bond acceptors (Lipinski definition) is 2. The van der Waals surface area contributed by atoms with E-state index in [-0.39, 0.29) is 6.10 Å². The molecule has 0 spiro atoms. The summed E-state index contributed by atoms with van der Waals surface area (Å²) in [4.78, 5) is 0. The third kappa shape index (κ3) is 3.56. The monoisotopic (exact) mass is 207 g/mol. The standard InChI is InChI=1S/C13H21NO/c1-5-14-11(3)12(4)15-13-9-7-6-8-10(13)2/h6-9,11-12,14H,5H2,1-4H3. The molecule has 0 aliphatic carbocycles. The molecule has 0 amide bonds. The van der Waals surface area contributed by atoms with Gasteiger partial charge in [0, 0.05) is 6.04 Å². The number of para-hydroxylation sites is 1. The zero-order valence-electron chi connectivity index (χ0n) is 10.1. The molecule has 84 valence electrons. The molecule has 0 heterocycles. The molecule has 0 aliphatic rings. The van der Waals surface area contributed by atoms with Crippen molar-refractivity contribution in [1.82, 2.24) is 5.32 Å². The van der Waals surface area contributed by atoms with Crippen molar-refractivity contribution in [2.45, 2.75) is 39.8 Å². The second-order valence-electron chi connectivity index (χ2n) is 3.93. The second kappa shape index (κ2) is 5.76. The first-order chi connectivity index (χ1) is 7.15. The molecule has 0 aliphatic heterocycles. The molecule has 0 aromatic heterocycles. The minimum Gasteiger partial charge on any atom is -0.489 e. The molecule has 1 rings (SSSR count).